The number of hydrogen-bond acceptors (Lipinski definition) is 7. The molecule has 2 heterocycles. The number of aromatic nitrogens is 1. The summed E-state index contributed by atoms with van der Waals surface area (Å²) in [5.41, 5.74) is 1.50. The number of hydrogen-bond donors (Lipinski definition) is 2. The molecule has 0 radical (unpaired) electrons. The molecule has 1 saturated carbocycles. The largest absolute Gasteiger partial charge is 0.364 e. The lowest BCUT2D eigenvalue weighted by atomic mass is 9.81. The van der Waals surface area contributed by atoms with E-state index in [4.69, 9.17) is 4.52 Å². The lowest BCUT2D eigenvalue weighted by molar-refractivity contribution is -0.137. The standard InChI is InChI=1S/C33H46FN5O5/c1-4-27-25(21-44-37-27)30(40)20-24(23-10-8-6-7-9-11-23)32(42)36-28-13-12-22(18-26(28)34)19-29(35-31(41)5-2)33(43)39-16-14-38(3)15-17-39/h12-13,18,21,23-24,29H,4-11,14-17,19-20H2,1-3H3,(H,35,41)(H,36,42)/t24-,29+/m0/s1. The van der Waals surface area contributed by atoms with Gasteiger partial charge in [0.05, 0.1) is 16.9 Å². The van der Waals surface area contributed by atoms with Crippen LogP contribution in [0.2, 0.25) is 0 Å². The van der Waals surface area contributed by atoms with Gasteiger partial charge in [0.1, 0.15) is 18.1 Å². The highest BCUT2D eigenvalue weighted by Crippen LogP contribution is 2.33. The number of rotatable bonds is 12. The molecule has 1 saturated heterocycles. The van der Waals surface area contributed by atoms with Crippen LogP contribution in [0.5, 0.6) is 0 Å². The Labute approximate surface area is 259 Å². The first kappa shape index (κ1) is 33.3. The second kappa shape index (κ2) is 15.9. The van der Waals surface area contributed by atoms with Crippen LogP contribution in [0.25, 0.3) is 0 Å². The fourth-order valence-corrected chi connectivity index (χ4v) is 6.23. The van der Waals surface area contributed by atoms with Crippen molar-refractivity contribution in [1.82, 2.24) is 20.3 Å². The number of piperazine rings is 1. The van der Waals surface area contributed by atoms with Crippen LogP contribution in [0.15, 0.2) is 29.0 Å². The molecule has 2 atom stereocenters. The minimum atomic E-state index is -0.818. The Hall–Kier alpha value is -3.60. The summed E-state index contributed by atoms with van der Waals surface area (Å²) in [6.45, 7) is 6.22. The molecule has 0 bridgehead atoms. The maximum Gasteiger partial charge on any atom is 0.245 e. The summed E-state index contributed by atoms with van der Waals surface area (Å²) >= 11 is 0. The van der Waals surface area contributed by atoms with E-state index in [-0.39, 0.29) is 54.4 Å². The summed E-state index contributed by atoms with van der Waals surface area (Å²) in [5.74, 6) is -2.27. The average Bonchev–Trinajstić information content (AvgIpc) is 3.35. The van der Waals surface area contributed by atoms with Crippen molar-refractivity contribution in [3.05, 3.63) is 47.1 Å². The van der Waals surface area contributed by atoms with Crippen molar-refractivity contribution in [2.24, 2.45) is 11.8 Å². The molecule has 0 spiro atoms. The smallest absolute Gasteiger partial charge is 0.245 e. The molecule has 2 aromatic rings. The van der Waals surface area contributed by atoms with Gasteiger partial charge in [-0.2, -0.15) is 0 Å². The zero-order chi connectivity index (χ0) is 31.6. The Kier molecular flexibility index (Phi) is 12.1. The van der Waals surface area contributed by atoms with Gasteiger partial charge in [0.2, 0.25) is 17.7 Å². The summed E-state index contributed by atoms with van der Waals surface area (Å²) < 4.78 is 20.5. The van der Waals surface area contributed by atoms with Crippen LogP contribution < -0.4 is 10.6 Å². The maximum atomic E-state index is 15.5. The molecule has 240 valence electrons. The molecule has 0 unspecified atom stereocenters. The molecule has 3 amide bonds. The van der Waals surface area contributed by atoms with Crippen molar-refractivity contribution in [3.8, 4) is 0 Å². The first-order chi connectivity index (χ1) is 21.2. The monoisotopic (exact) mass is 611 g/mol. The van der Waals surface area contributed by atoms with Gasteiger partial charge in [-0.3, -0.25) is 19.2 Å². The van der Waals surface area contributed by atoms with E-state index in [9.17, 15) is 19.2 Å². The Morgan fingerprint density at radius 3 is 2.39 bits per heavy atom. The molecule has 11 heteroatoms. The van der Waals surface area contributed by atoms with Crippen molar-refractivity contribution < 1.29 is 28.1 Å². The van der Waals surface area contributed by atoms with Crippen molar-refractivity contribution in [2.45, 2.75) is 84.1 Å². The number of anilines is 1. The van der Waals surface area contributed by atoms with Gasteiger partial charge in [0, 0.05) is 51.4 Å². The van der Waals surface area contributed by atoms with Gasteiger partial charge in [0.15, 0.2) is 5.78 Å². The third-order valence-corrected chi connectivity index (χ3v) is 8.99. The van der Waals surface area contributed by atoms with Gasteiger partial charge in [-0.15, -0.1) is 0 Å². The van der Waals surface area contributed by atoms with Crippen molar-refractivity contribution >= 4 is 29.2 Å². The van der Waals surface area contributed by atoms with Crippen LogP contribution in [0.3, 0.4) is 0 Å². The zero-order valence-corrected chi connectivity index (χ0v) is 26.2. The summed E-state index contributed by atoms with van der Waals surface area (Å²) in [5, 5.41) is 9.47. The van der Waals surface area contributed by atoms with E-state index in [1.54, 1.807) is 17.9 Å². The van der Waals surface area contributed by atoms with E-state index < -0.39 is 17.8 Å². The summed E-state index contributed by atoms with van der Waals surface area (Å²) in [7, 11) is 2.00. The number of likely N-dealkylation sites (N-methyl/N-ethyl adjacent to an activating group) is 1. The molecular weight excluding hydrogens is 565 g/mol. The molecule has 1 aliphatic carbocycles. The number of carbonyl (C=O) groups is 4. The fraction of sp³-hybridized carbons (Fsp3) is 0.606. The molecule has 10 nitrogen and oxygen atoms in total. The highest BCUT2D eigenvalue weighted by molar-refractivity contribution is 6.01. The van der Waals surface area contributed by atoms with Crippen LogP contribution in [0.4, 0.5) is 10.1 Å². The summed E-state index contributed by atoms with van der Waals surface area (Å²) in [6, 6.07) is 3.64. The van der Waals surface area contributed by atoms with E-state index in [1.807, 2.05) is 14.0 Å². The first-order valence-electron chi connectivity index (χ1n) is 16.0. The normalized spacial score (nSPS) is 17.9. The Morgan fingerprint density at radius 2 is 1.75 bits per heavy atom. The zero-order valence-electron chi connectivity index (χ0n) is 26.2. The SMILES string of the molecule is CCC(=O)N[C@H](Cc1ccc(NC(=O)[C@@H](CC(=O)c2conc2CC)C2CCCCCC2)c(F)c1)C(=O)N1CCN(C)CC1. The highest BCUT2D eigenvalue weighted by atomic mass is 19.1. The van der Waals surface area contributed by atoms with E-state index in [0.29, 0.717) is 36.3 Å². The number of amides is 3. The van der Waals surface area contributed by atoms with Crippen LogP contribution >= 0.6 is 0 Å². The molecule has 4 rings (SSSR count). The molecule has 44 heavy (non-hydrogen) atoms. The molecule has 1 aliphatic heterocycles. The lowest BCUT2D eigenvalue weighted by Crippen LogP contribution is -2.54. The lowest BCUT2D eigenvalue weighted by Gasteiger charge is -2.34. The van der Waals surface area contributed by atoms with Crippen molar-refractivity contribution in [1.29, 1.82) is 0 Å². The number of benzene rings is 1. The number of carbonyl (C=O) groups excluding carboxylic acids is 4. The van der Waals surface area contributed by atoms with E-state index >= 15 is 4.39 Å². The van der Waals surface area contributed by atoms with Crippen LogP contribution in [-0.2, 0) is 27.2 Å². The summed E-state index contributed by atoms with van der Waals surface area (Å²) in [4.78, 5) is 56.4. The second-order valence-corrected chi connectivity index (χ2v) is 12.1. The molecule has 1 aromatic heterocycles. The molecule has 2 aliphatic rings. The third-order valence-electron chi connectivity index (χ3n) is 8.99. The van der Waals surface area contributed by atoms with Crippen LogP contribution in [-0.4, -0.2) is 77.7 Å². The Bertz CT molecular complexity index is 1300. The van der Waals surface area contributed by atoms with E-state index in [1.165, 1.54) is 18.4 Å². The first-order valence-corrected chi connectivity index (χ1v) is 16.0. The molecule has 2 fully saturated rings. The number of ketones is 1. The van der Waals surface area contributed by atoms with Crippen molar-refractivity contribution in [2.75, 3.05) is 38.5 Å². The van der Waals surface area contributed by atoms with Gasteiger partial charge in [-0.05, 0) is 49.9 Å². The van der Waals surface area contributed by atoms with Gasteiger partial charge < -0.3 is 25.0 Å². The van der Waals surface area contributed by atoms with Crippen LogP contribution in [0.1, 0.15) is 86.8 Å². The predicted molar refractivity (Wildman–Crippen MR) is 165 cm³/mol. The number of nitrogens with one attached hydrogen (secondary N) is 2. The topological polar surface area (TPSA) is 125 Å². The summed E-state index contributed by atoms with van der Waals surface area (Å²) in [6.07, 6.45) is 8.07. The number of aryl methyl sites for hydroxylation is 1. The van der Waals surface area contributed by atoms with Crippen LogP contribution in [0, 0.1) is 17.7 Å². The third kappa shape index (κ3) is 8.74. The predicted octanol–water partition coefficient (Wildman–Crippen LogP) is 4.39. The van der Waals surface area contributed by atoms with Gasteiger partial charge in [0.25, 0.3) is 0 Å². The van der Waals surface area contributed by atoms with Gasteiger partial charge in [-0.1, -0.05) is 50.8 Å². The quantitative estimate of drug-likeness (QED) is 0.270. The number of halogens is 1. The molecular formula is C33H46FN5O5. The van der Waals surface area contributed by atoms with Gasteiger partial charge >= 0.3 is 0 Å². The molecule has 1 aromatic carbocycles. The Morgan fingerprint density at radius 1 is 1.05 bits per heavy atom. The fourth-order valence-electron chi connectivity index (χ4n) is 6.23. The Balaban J connectivity index is 1.48. The molecule has 2 N–H and O–H groups in total. The minimum Gasteiger partial charge on any atom is -0.364 e. The number of Topliss-reactive ketones (excluding diaryl/α,β-unsaturated/α-hetero) is 1. The van der Waals surface area contributed by atoms with Crippen molar-refractivity contribution in [3.63, 3.8) is 0 Å². The number of nitrogens with zero attached hydrogens (tertiary/aromatic N) is 3. The average molecular weight is 612 g/mol. The maximum absolute atomic E-state index is 15.5. The van der Waals surface area contributed by atoms with Gasteiger partial charge in [-0.25, -0.2) is 4.39 Å². The minimum absolute atomic E-state index is 0.00236. The van der Waals surface area contributed by atoms with E-state index in [0.717, 1.165) is 51.6 Å². The highest BCUT2D eigenvalue weighted by Gasteiger charge is 2.33. The van der Waals surface area contributed by atoms with E-state index in [2.05, 4.69) is 20.7 Å². The second-order valence-electron chi connectivity index (χ2n) is 12.1.